The van der Waals surface area contributed by atoms with Crippen LogP contribution in [0, 0.1) is 27.7 Å². The van der Waals surface area contributed by atoms with Crippen molar-refractivity contribution in [2.45, 2.75) is 40.4 Å². The quantitative estimate of drug-likeness (QED) is 0.841. The Morgan fingerprint density at radius 3 is 2.29 bits per heavy atom. The van der Waals surface area contributed by atoms with Gasteiger partial charge < -0.3 is 14.6 Å². The van der Waals surface area contributed by atoms with Crippen LogP contribution in [0.25, 0.3) is 0 Å². The number of H-pyrrole nitrogens is 1. The number of hydrogen-bond donors (Lipinski definition) is 1. The Morgan fingerprint density at radius 1 is 1.18 bits per heavy atom. The van der Waals surface area contributed by atoms with Gasteiger partial charge in [0.25, 0.3) is 11.5 Å². The van der Waals surface area contributed by atoms with Crippen molar-refractivity contribution in [3.63, 3.8) is 0 Å². The lowest BCUT2D eigenvalue weighted by molar-refractivity contribution is -0.153. The Morgan fingerprint density at radius 2 is 1.75 bits per heavy atom. The standard InChI is InChI=1S/C19H22F3N3O3/c1-10-6-14(7-11(2)16(10)28-9-19(20,21)22)8-25(5)18(27)15-17(26)24-13(4)12(3)23-15/h6-7H,8-9H2,1-5H3,(H,24,26). The SMILES string of the molecule is Cc1cc(CN(C)C(=O)c2nc(C)c(C)[nH]c2=O)cc(C)c1OCC(F)(F)F. The maximum Gasteiger partial charge on any atom is 0.422 e. The molecule has 2 rings (SSSR count). The number of alkyl halides is 3. The van der Waals surface area contributed by atoms with Gasteiger partial charge in [0.15, 0.2) is 12.3 Å². The Labute approximate surface area is 160 Å². The molecule has 2 aromatic rings. The first-order chi connectivity index (χ1) is 12.9. The van der Waals surface area contributed by atoms with E-state index in [-0.39, 0.29) is 18.0 Å². The molecule has 0 saturated carbocycles. The Hall–Kier alpha value is -2.84. The van der Waals surface area contributed by atoms with E-state index in [9.17, 15) is 22.8 Å². The molecule has 9 heteroatoms. The van der Waals surface area contributed by atoms with Crippen molar-refractivity contribution >= 4 is 5.91 Å². The second-order valence-electron chi connectivity index (χ2n) is 6.75. The van der Waals surface area contributed by atoms with Gasteiger partial charge in [-0.3, -0.25) is 9.59 Å². The summed E-state index contributed by atoms with van der Waals surface area (Å²) in [6.07, 6.45) is -4.42. The van der Waals surface area contributed by atoms with Gasteiger partial charge in [-0.1, -0.05) is 12.1 Å². The first-order valence-electron chi connectivity index (χ1n) is 8.51. The van der Waals surface area contributed by atoms with Crippen LogP contribution in [0.1, 0.15) is 38.6 Å². The summed E-state index contributed by atoms with van der Waals surface area (Å²) < 4.78 is 42.1. The van der Waals surface area contributed by atoms with Gasteiger partial charge in [-0.25, -0.2) is 4.98 Å². The lowest BCUT2D eigenvalue weighted by Gasteiger charge is -2.19. The fraction of sp³-hybridized carbons (Fsp3) is 0.421. The highest BCUT2D eigenvalue weighted by Gasteiger charge is 2.29. The summed E-state index contributed by atoms with van der Waals surface area (Å²) in [6, 6.07) is 3.31. The number of nitrogens with one attached hydrogen (secondary N) is 1. The molecule has 0 saturated heterocycles. The van der Waals surface area contributed by atoms with Crippen molar-refractivity contribution in [1.82, 2.24) is 14.9 Å². The summed E-state index contributed by atoms with van der Waals surface area (Å²) in [4.78, 5) is 32.6. The Kier molecular flexibility index (Phi) is 6.16. The second-order valence-corrected chi connectivity index (χ2v) is 6.75. The largest absolute Gasteiger partial charge is 0.484 e. The van der Waals surface area contributed by atoms with Crippen LogP contribution in [0.2, 0.25) is 0 Å². The number of amides is 1. The summed E-state index contributed by atoms with van der Waals surface area (Å²) in [5.41, 5.74) is 2.13. The third-order valence-corrected chi connectivity index (χ3v) is 4.21. The van der Waals surface area contributed by atoms with Crippen LogP contribution < -0.4 is 10.3 Å². The third kappa shape index (κ3) is 5.11. The van der Waals surface area contributed by atoms with E-state index >= 15 is 0 Å². The lowest BCUT2D eigenvalue weighted by atomic mass is 10.1. The van der Waals surface area contributed by atoms with Crippen molar-refractivity contribution in [3.05, 3.63) is 56.3 Å². The number of carbonyl (C=O) groups is 1. The average Bonchev–Trinajstić information content (AvgIpc) is 2.55. The van der Waals surface area contributed by atoms with Crippen molar-refractivity contribution < 1.29 is 22.7 Å². The maximum absolute atomic E-state index is 12.6. The highest BCUT2D eigenvalue weighted by atomic mass is 19.4. The van der Waals surface area contributed by atoms with Crippen LogP contribution in [0.5, 0.6) is 5.75 Å². The van der Waals surface area contributed by atoms with E-state index in [1.54, 1.807) is 39.8 Å². The zero-order chi connectivity index (χ0) is 21.2. The molecule has 0 unspecified atom stereocenters. The number of hydrogen-bond acceptors (Lipinski definition) is 4. The molecule has 0 aliphatic rings. The number of carbonyl (C=O) groups excluding carboxylic acids is 1. The molecule has 0 spiro atoms. The number of rotatable bonds is 5. The molecule has 28 heavy (non-hydrogen) atoms. The number of halogens is 3. The summed E-state index contributed by atoms with van der Waals surface area (Å²) in [5.74, 6) is -0.376. The van der Waals surface area contributed by atoms with E-state index in [1.807, 2.05) is 0 Å². The van der Waals surface area contributed by atoms with Crippen molar-refractivity contribution in [2.24, 2.45) is 0 Å². The van der Waals surface area contributed by atoms with Crippen LogP contribution in [-0.2, 0) is 6.54 Å². The first kappa shape index (κ1) is 21.5. The number of aromatic amines is 1. The topological polar surface area (TPSA) is 75.3 Å². The van der Waals surface area contributed by atoms with Gasteiger partial charge in [-0.2, -0.15) is 13.2 Å². The van der Waals surface area contributed by atoms with Gasteiger partial charge in [-0.05, 0) is 44.4 Å². The summed E-state index contributed by atoms with van der Waals surface area (Å²) >= 11 is 0. The molecule has 1 amide bonds. The van der Waals surface area contributed by atoms with E-state index in [4.69, 9.17) is 4.74 Å². The average molecular weight is 397 g/mol. The van der Waals surface area contributed by atoms with Crippen molar-refractivity contribution in [3.8, 4) is 5.75 Å². The molecule has 1 aromatic carbocycles. The molecule has 0 fully saturated rings. The normalized spacial score (nSPS) is 11.4. The van der Waals surface area contributed by atoms with Crippen LogP contribution in [-0.4, -0.2) is 40.6 Å². The van der Waals surface area contributed by atoms with E-state index in [0.717, 1.165) is 0 Å². The zero-order valence-corrected chi connectivity index (χ0v) is 16.3. The lowest BCUT2D eigenvalue weighted by Crippen LogP contribution is -2.33. The number of aromatic nitrogens is 2. The number of aryl methyl sites for hydroxylation is 4. The Bertz CT molecular complexity index is 929. The molecule has 0 aliphatic carbocycles. The molecule has 0 atom stereocenters. The highest BCUT2D eigenvalue weighted by molar-refractivity contribution is 5.91. The number of ether oxygens (including phenoxy) is 1. The first-order valence-corrected chi connectivity index (χ1v) is 8.51. The fourth-order valence-corrected chi connectivity index (χ4v) is 2.81. The Balaban J connectivity index is 2.20. The fourth-order valence-electron chi connectivity index (χ4n) is 2.81. The van der Waals surface area contributed by atoms with Crippen LogP contribution in [0.15, 0.2) is 16.9 Å². The monoisotopic (exact) mass is 397 g/mol. The van der Waals surface area contributed by atoms with Gasteiger partial charge in [0.1, 0.15) is 5.75 Å². The molecular weight excluding hydrogens is 375 g/mol. The number of nitrogens with zero attached hydrogens (tertiary/aromatic N) is 2. The van der Waals surface area contributed by atoms with Gasteiger partial charge in [0.2, 0.25) is 0 Å². The predicted molar refractivity (Wildman–Crippen MR) is 97.6 cm³/mol. The van der Waals surface area contributed by atoms with Crippen molar-refractivity contribution in [1.29, 1.82) is 0 Å². The molecule has 0 aliphatic heterocycles. The molecule has 0 bridgehead atoms. The van der Waals surface area contributed by atoms with Crippen LogP contribution >= 0.6 is 0 Å². The summed E-state index contributed by atoms with van der Waals surface area (Å²) in [6.45, 7) is 5.45. The van der Waals surface area contributed by atoms with Gasteiger partial charge in [0, 0.05) is 19.3 Å². The smallest absolute Gasteiger partial charge is 0.422 e. The molecule has 1 heterocycles. The second kappa shape index (κ2) is 8.04. The van der Waals surface area contributed by atoms with E-state index in [2.05, 4.69) is 9.97 Å². The van der Waals surface area contributed by atoms with Gasteiger partial charge in [0.05, 0.1) is 5.69 Å². The molecule has 152 valence electrons. The third-order valence-electron chi connectivity index (χ3n) is 4.21. The minimum absolute atomic E-state index is 0.161. The van der Waals surface area contributed by atoms with Crippen LogP contribution in [0.4, 0.5) is 13.2 Å². The maximum atomic E-state index is 12.6. The van der Waals surface area contributed by atoms with Gasteiger partial charge >= 0.3 is 6.18 Å². The van der Waals surface area contributed by atoms with Crippen LogP contribution in [0.3, 0.4) is 0 Å². The van der Waals surface area contributed by atoms with Crippen molar-refractivity contribution in [2.75, 3.05) is 13.7 Å². The molecule has 1 N–H and O–H groups in total. The van der Waals surface area contributed by atoms with E-state index in [1.165, 1.54) is 11.9 Å². The highest BCUT2D eigenvalue weighted by Crippen LogP contribution is 2.27. The number of benzene rings is 1. The molecule has 1 aromatic heterocycles. The minimum Gasteiger partial charge on any atom is -0.484 e. The van der Waals surface area contributed by atoms with E-state index < -0.39 is 24.2 Å². The molecule has 0 radical (unpaired) electrons. The minimum atomic E-state index is -4.42. The molecular formula is C19H22F3N3O3. The predicted octanol–water partition coefficient (Wildman–Crippen LogP) is 3.22. The summed E-state index contributed by atoms with van der Waals surface area (Å²) in [7, 11) is 1.53. The zero-order valence-electron chi connectivity index (χ0n) is 16.3. The van der Waals surface area contributed by atoms with E-state index in [0.29, 0.717) is 28.1 Å². The molecule has 6 nitrogen and oxygen atoms in total. The summed E-state index contributed by atoms with van der Waals surface area (Å²) in [5, 5.41) is 0. The van der Waals surface area contributed by atoms with Gasteiger partial charge in [-0.15, -0.1) is 0 Å².